The number of nitrogens with one attached hydrogen (secondary N) is 1. The molecule has 0 atom stereocenters. The molecule has 3 aromatic carbocycles. The van der Waals surface area contributed by atoms with Crippen LogP contribution in [0.3, 0.4) is 0 Å². The summed E-state index contributed by atoms with van der Waals surface area (Å²) in [4.78, 5) is 44.8. The van der Waals surface area contributed by atoms with Crippen molar-refractivity contribution in [3.05, 3.63) is 111 Å². The van der Waals surface area contributed by atoms with Crippen molar-refractivity contribution < 1.29 is 14.5 Å². The molecule has 1 aromatic heterocycles. The van der Waals surface area contributed by atoms with Crippen molar-refractivity contribution >= 4 is 28.4 Å². The van der Waals surface area contributed by atoms with E-state index in [9.17, 15) is 19.7 Å². The lowest BCUT2D eigenvalue weighted by Gasteiger charge is -2.29. The molecule has 202 valence electrons. The molecule has 39 heavy (non-hydrogen) atoms. The predicted octanol–water partition coefficient (Wildman–Crippen LogP) is 5.75. The number of hydrogen-bond acceptors (Lipinski definition) is 4. The Morgan fingerprint density at radius 2 is 1.69 bits per heavy atom. The average molecular weight is 527 g/mol. The molecule has 0 saturated carbocycles. The minimum absolute atomic E-state index is 0.107. The van der Waals surface area contributed by atoms with Crippen molar-refractivity contribution in [3.63, 3.8) is 0 Å². The molecule has 4 rings (SSSR count). The van der Waals surface area contributed by atoms with Crippen LogP contribution in [0, 0.1) is 23.0 Å². The fraction of sp³-hybridized carbons (Fsp3) is 0.290. The van der Waals surface area contributed by atoms with Crippen molar-refractivity contribution in [1.29, 1.82) is 0 Å². The number of aromatic nitrogens is 1. The topological polar surface area (TPSA) is 99.6 Å². The summed E-state index contributed by atoms with van der Waals surface area (Å²) in [6, 6.07) is 22.3. The first-order valence-electron chi connectivity index (χ1n) is 13.1. The maximum atomic E-state index is 13.7. The lowest BCUT2D eigenvalue weighted by Crippen LogP contribution is -2.44. The van der Waals surface area contributed by atoms with E-state index in [1.165, 1.54) is 11.0 Å². The third-order valence-corrected chi connectivity index (χ3v) is 6.75. The number of carbonyl (C=O) groups excluding carboxylic acids is 2. The van der Waals surface area contributed by atoms with Crippen molar-refractivity contribution in [2.45, 2.75) is 33.7 Å². The van der Waals surface area contributed by atoms with Gasteiger partial charge in [-0.3, -0.25) is 19.7 Å². The number of fused-ring (bicyclic) bond motifs is 1. The smallest absolute Gasteiger partial charge is 0.273 e. The first-order valence-corrected chi connectivity index (χ1v) is 13.1. The van der Waals surface area contributed by atoms with Gasteiger partial charge in [-0.1, -0.05) is 68.4 Å². The van der Waals surface area contributed by atoms with Gasteiger partial charge in [-0.2, -0.15) is 0 Å². The maximum Gasteiger partial charge on any atom is 0.273 e. The van der Waals surface area contributed by atoms with E-state index in [2.05, 4.69) is 11.1 Å². The van der Waals surface area contributed by atoms with Gasteiger partial charge in [0, 0.05) is 53.9 Å². The molecule has 0 radical (unpaired) electrons. The maximum absolute atomic E-state index is 13.7. The third kappa shape index (κ3) is 6.90. The van der Waals surface area contributed by atoms with Crippen LogP contribution in [0.4, 0.5) is 5.69 Å². The summed E-state index contributed by atoms with van der Waals surface area (Å²) in [6.45, 7) is 6.73. The zero-order valence-electron chi connectivity index (χ0n) is 22.6. The minimum Gasteiger partial charge on any atom is -0.361 e. The van der Waals surface area contributed by atoms with Gasteiger partial charge in [0.25, 0.3) is 11.6 Å². The van der Waals surface area contributed by atoms with Crippen LogP contribution in [0.5, 0.6) is 0 Å². The number of para-hydroxylation sites is 1. The molecule has 0 aliphatic carbocycles. The largest absolute Gasteiger partial charge is 0.361 e. The van der Waals surface area contributed by atoms with Gasteiger partial charge in [0.15, 0.2) is 0 Å². The average Bonchev–Trinajstić information content (AvgIpc) is 3.33. The number of rotatable bonds is 11. The molecule has 0 saturated heterocycles. The molecule has 0 bridgehead atoms. The van der Waals surface area contributed by atoms with Gasteiger partial charge in [0.2, 0.25) is 5.91 Å². The Hall–Kier alpha value is -4.46. The summed E-state index contributed by atoms with van der Waals surface area (Å²) in [6.07, 6.45) is 2.64. The van der Waals surface area contributed by atoms with E-state index in [1.54, 1.807) is 24.0 Å². The van der Waals surface area contributed by atoms with Crippen LogP contribution in [-0.4, -0.2) is 51.2 Å². The number of nitro benzene ring substituents is 1. The minimum atomic E-state index is -0.490. The van der Waals surface area contributed by atoms with E-state index >= 15 is 0 Å². The molecule has 0 fully saturated rings. The molecule has 2 amide bonds. The zero-order chi connectivity index (χ0) is 27.9. The van der Waals surface area contributed by atoms with E-state index in [4.69, 9.17) is 0 Å². The van der Waals surface area contributed by atoms with Crippen molar-refractivity contribution in [3.8, 4) is 0 Å². The van der Waals surface area contributed by atoms with Crippen LogP contribution in [0.2, 0.25) is 0 Å². The lowest BCUT2D eigenvalue weighted by molar-refractivity contribution is -0.385. The number of aryl methyl sites for hydroxylation is 1. The Balaban J connectivity index is 1.57. The van der Waals surface area contributed by atoms with Crippen LogP contribution in [0.1, 0.15) is 40.9 Å². The molecule has 0 aliphatic rings. The number of benzene rings is 3. The Labute approximate surface area is 228 Å². The van der Waals surface area contributed by atoms with Crippen LogP contribution in [-0.2, 0) is 17.8 Å². The number of hydrogen-bond donors (Lipinski definition) is 1. The van der Waals surface area contributed by atoms with E-state index in [0.29, 0.717) is 31.6 Å². The zero-order valence-corrected chi connectivity index (χ0v) is 22.6. The van der Waals surface area contributed by atoms with Crippen LogP contribution < -0.4 is 0 Å². The highest BCUT2D eigenvalue weighted by Gasteiger charge is 2.25. The second kappa shape index (κ2) is 12.4. The summed E-state index contributed by atoms with van der Waals surface area (Å²) in [5, 5.41) is 12.6. The molecule has 8 nitrogen and oxygen atoms in total. The van der Waals surface area contributed by atoms with Crippen molar-refractivity contribution in [1.82, 2.24) is 14.8 Å². The van der Waals surface area contributed by atoms with Gasteiger partial charge in [-0.05, 0) is 42.5 Å². The summed E-state index contributed by atoms with van der Waals surface area (Å²) in [5.74, 6) is -0.457. The lowest BCUT2D eigenvalue weighted by atomic mass is 10.1. The van der Waals surface area contributed by atoms with Gasteiger partial charge >= 0.3 is 0 Å². The fourth-order valence-corrected chi connectivity index (χ4v) is 4.73. The first kappa shape index (κ1) is 27.6. The summed E-state index contributed by atoms with van der Waals surface area (Å²) < 4.78 is 0. The van der Waals surface area contributed by atoms with E-state index < -0.39 is 10.8 Å². The highest BCUT2D eigenvalue weighted by molar-refractivity contribution is 5.97. The molecule has 4 aromatic rings. The molecule has 0 spiro atoms. The van der Waals surface area contributed by atoms with Crippen molar-refractivity contribution in [2.75, 3.05) is 19.6 Å². The third-order valence-electron chi connectivity index (χ3n) is 6.75. The summed E-state index contributed by atoms with van der Waals surface area (Å²) in [5.41, 5.74) is 3.75. The molecule has 8 heteroatoms. The first-order chi connectivity index (χ1) is 18.7. The highest BCUT2D eigenvalue weighted by Crippen LogP contribution is 2.22. The predicted molar refractivity (Wildman–Crippen MR) is 152 cm³/mol. The Kier molecular flexibility index (Phi) is 8.76. The number of nitrogens with zero attached hydrogens (tertiary/aromatic N) is 3. The van der Waals surface area contributed by atoms with Crippen LogP contribution in [0.25, 0.3) is 10.9 Å². The SMILES string of the molecule is Cc1ccc(C(=O)N(CC(=O)N(CCc2c[nH]c3ccccc23)Cc2ccccc2)CC(C)C)cc1[N+](=O)[O-]. The van der Waals surface area contributed by atoms with Crippen molar-refractivity contribution in [2.24, 2.45) is 5.92 Å². The number of amides is 2. The quantitative estimate of drug-likeness (QED) is 0.199. The van der Waals surface area contributed by atoms with Gasteiger partial charge in [-0.25, -0.2) is 0 Å². The Bertz CT molecular complexity index is 1460. The highest BCUT2D eigenvalue weighted by atomic mass is 16.6. The molecule has 1 N–H and O–H groups in total. The number of H-pyrrole nitrogens is 1. The Morgan fingerprint density at radius 3 is 2.41 bits per heavy atom. The molecular formula is C31H34N4O4. The van der Waals surface area contributed by atoms with Crippen LogP contribution in [0.15, 0.2) is 79.0 Å². The summed E-state index contributed by atoms with van der Waals surface area (Å²) >= 11 is 0. The number of carbonyl (C=O) groups is 2. The number of aromatic amines is 1. The van der Waals surface area contributed by atoms with Gasteiger partial charge in [-0.15, -0.1) is 0 Å². The van der Waals surface area contributed by atoms with Crippen LogP contribution >= 0.6 is 0 Å². The summed E-state index contributed by atoms with van der Waals surface area (Å²) in [7, 11) is 0. The number of nitro groups is 1. The van der Waals surface area contributed by atoms with Gasteiger partial charge in [0.1, 0.15) is 6.54 Å². The van der Waals surface area contributed by atoms with E-state index in [-0.39, 0.29) is 29.6 Å². The molecule has 0 unspecified atom stereocenters. The van der Waals surface area contributed by atoms with Gasteiger partial charge in [0.05, 0.1) is 4.92 Å². The van der Waals surface area contributed by atoms with E-state index in [0.717, 1.165) is 22.0 Å². The molecule has 1 heterocycles. The molecular weight excluding hydrogens is 492 g/mol. The second-order valence-electron chi connectivity index (χ2n) is 10.2. The Morgan fingerprint density at radius 1 is 0.974 bits per heavy atom. The molecule has 0 aliphatic heterocycles. The second-order valence-corrected chi connectivity index (χ2v) is 10.2. The standard InChI is InChI=1S/C31H34N4O4/c1-22(2)19-34(31(37)25-14-13-23(3)29(17-25)35(38)39)21-30(36)33(20-24-9-5-4-6-10-24)16-15-26-18-32-28-12-8-7-11-27(26)28/h4-14,17-18,22,32H,15-16,19-21H2,1-3H3. The van der Waals surface area contributed by atoms with Gasteiger partial charge < -0.3 is 14.8 Å². The monoisotopic (exact) mass is 526 g/mol. The normalized spacial score (nSPS) is 11.1. The van der Waals surface area contributed by atoms with E-state index in [1.807, 2.05) is 68.6 Å². The fourth-order valence-electron chi connectivity index (χ4n) is 4.73.